The van der Waals surface area contributed by atoms with Crippen molar-refractivity contribution in [3.8, 4) is 5.75 Å². The summed E-state index contributed by atoms with van der Waals surface area (Å²) in [5, 5.41) is 5.02. The van der Waals surface area contributed by atoms with Crippen molar-refractivity contribution in [1.82, 2.24) is 10.6 Å². The maximum absolute atomic E-state index is 13.0. The van der Waals surface area contributed by atoms with Gasteiger partial charge in [-0.05, 0) is 29.7 Å². The van der Waals surface area contributed by atoms with Gasteiger partial charge in [-0.1, -0.05) is 61.8 Å². The number of carbonyl (C=O) groups excluding carboxylic acids is 3. The maximum Gasteiger partial charge on any atom is 0.452 e. The molecule has 0 saturated carbocycles. The van der Waals surface area contributed by atoms with Crippen LogP contribution in [0.2, 0.25) is 5.02 Å². The summed E-state index contributed by atoms with van der Waals surface area (Å²) in [6.07, 6.45) is -5.11. The number of rotatable bonds is 10. The van der Waals surface area contributed by atoms with E-state index in [-0.39, 0.29) is 6.42 Å². The number of alkyl halides is 3. The zero-order valence-corrected chi connectivity index (χ0v) is 18.7. The third kappa shape index (κ3) is 8.42. The van der Waals surface area contributed by atoms with Gasteiger partial charge in [-0.15, -0.1) is 0 Å². The van der Waals surface area contributed by atoms with Crippen molar-refractivity contribution in [2.24, 2.45) is 5.92 Å². The first-order chi connectivity index (χ1) is 15.5. The summed E-state index contributed by atoms with van der Waals surface area (Å²) in [5.74, 6) is -4.12. The largest absolute Gasteiger partial charge is 0.484 e. The van der Waals surface area contributed by atoms with E-state index in [1.807, 2.05) is 0 Å². The Morgan fingerprint density at radius 1 is 1.00 bits per heavy atom. The van der Waals surface area contributed by atoms with Gasteiger partial charge in [0.05, 0.1) is 6.04 Å². The lowest BCUT2D eigenvalue weighted by Gasteiger charge is -2.25. The molecule has 0 aliphatic heterocycles. The Balaban J connectivity index is 2.14. The zero-order chi connectivity index (χ0) is 24.6. The monoisotopic (exact) mass is 484 g/mol. The number of amides is 2. The molecule has 0 aliphatic carbocycles. The predicted octanol–water partition coefficient (Wildman–Crippen LogP) is 3.72. The quantitative estimate of drug-likeness (QED) is 0.538. The van der Waals surface area contributed by atoms with Crippen LogP contribution < -0.4 is 15.4 Å². The molecule has 2 unspecified atom stereocenters. The fourth-order valence-electron chi connectivity index (χ4n) is 2.97. The fraction of sp³-hybridized carbons (Fsp3) is 0.348. The van der Waals surface area contributed by atoms with E-state index in [2.05, 4.69) is 10.6 Å². The number of Topliss-reactive ketones (excluding diaryl/α,β-unsaturated/α-hetero) is 1. The summed E-state index contributed by atoms with van der Waals surface area (Å²) < 4.78 is 44.2. The van der Waals surface area contributed by atoms with Gasteiger partial charge in [0.25, 0.3) is 11.7 Å². The van der Waals surface area contributed by atoms with E-state index < -0.39 is 48.4 Å². The first-order valence-corrected chi connectivity index (χ1v) is 10.5. The Morgan fingerprint density at radius 3 is 2.24 bits per heavy atom. The van der Waals surface area contributed by atoms with Gasteiger partial charge >= 0.3 is 6.18 Å². The molecule has 0 bridgehead atoms. The summed E-state index contributed by atoms with van der Waals surface area (Å²) in [7, 11) is 0. The summed E-state index contributed by atoms with van der Waals surface area (Å²) in [4.78, 5) is 37.0. The van der Waals surface area contributed by atoms with Crippen molar-refractivity contribution >= 4 is 29.2 Å². The number of hydrogen-bond acceptors (Lipinski definition) is 4. The topological polar surface area (TPSA) is 84.5 Å². The zero-order valence-electron chi connectivity index (χ0n) is 18.0. The molecule has 0 aromatic heterocycles. The van der Waals surface area contributed by atoms with Crippen molar-refractivity contribution in [3.05, 3.63) is 65.2 Å². The van der Waals surface area contributed by atoms with Gasteiger partial charge in [0.2, 0.25) is 5.91 Å². The molecule has 33 heavy (non-hydrogen) atoms. The highest BCUT2D eigenvalue weighted by Crippen LogP contribution is 2.21. The summed E-state index contributed by atoms with van der Waals surface area (Å²) in [6, 6.07) is 11.9. The number of benzene rings is 2. The van der Waals surface area contributed by atoms with Crippen LogP contribution in [-0.4, -0.2) is 42.5 Å². The van der Waals surface area contributed by atoms with Gasteiger partial charge < -0.3 is 15.4 Å². The van der Waals surface area contributed by atoms with E-state index in [0.29, 0.717) is 16.3 Å². The first-order valence-electron chi connectivity index (χ1n) is 10.1. The van der Waals surface area contributed by atoms with Crippen molar-refractivity contribution in [1.29, 1.82) is 0 Å². The molecule has 2 amide bonds. The number of nitrogens with one attached hydrogen (secondary N) is 2. The molecular formula is C23H24ClF3N2O4. The van der Waals surface area contributed by atoms with Gasteiger partial charge in [0.1, 0.15) is 11.8 Å². The smallest absolute Gasteiger partial charge is 0.452 e. The van der Waals surface area contributed by atoms with Gasteiger partial charge in [-0.3, -0.25) is 14.4 Å². The van der Waals surface area contributed by atoms with Gasteiger partial charge in [-0.25, -0.2) is 0 Å². The Hall–Kier alpha value is -3.07. The lowest BCUT2D eigenvalue weighted by molar-refractivity contribution is -0.175. The third-order valence-electron chi connectivity index (χ3n) is 4.63. The SMILES string of the molecule is CC(C)C(NC(=O)C(Cc1ccccc1)NC(=O)COc1cccc(Cl)c1)C(=O)C(F)(F)F. The van der Waals surface area contributed by atoms with Gasteiger partial charge in [0, 0.05) is 11.4 Å². The van der Waals surface area contributed by atoms with E-state index in [9.17, 15) is 27.6 Å². The normalized spacial score (nSPS) is 13.2. The number of ketones is 1. The fourth-order valence-corrected chi connectivity index (χ4v) is 3.15. The molecule has 2 atom stereocenters. The summed E-state index contributed by atoms with van der Waals surface area (Å²) in [6.45, 7) is 2.32. The predicted molar refractivity (Wildman–Crippen MR) is 117 cm³/mol. The van der Waals surface area contributed by atoms with Crippen LogP contribution in [0.25, 0.3) is 0 Å². The van der Waals surface area contributed by atoms with E-state index in [1.54, 1.807) is 48.5 Å². The molecule has 2 rings (SSSR count). The number of ether oxygens (including phenoxy) is 1. The second kappa shape index (κ2) is 11.7. The van der Waals surface area contributed by atoms with Crippen LogP contribution in [0.3, 0.4) is 0 Å². The minimum atomic E-state index is -5.11. The van der Waals surface area contributed by atoms with Crippen LogP contribution in [0.4, 0.5) is 13.2 Å². The maximum atomic E-state index is 13.0. The van der Waals surface area contributed by atoms with Crippen LogP contribution in [0, 0.1) is 5.92 Å². The van der Waals surface area contributed by atoms with Crippen molar-refractivity contribution in [3.63, 3.8) is 0 Å². The van der Waals surface area contributed by atoms with E-state index in [4.69, 9.17) is 16.3 Å². The second-order valence-corrected chi connectivity index (χ2v) is 8.08. The minimum absolute atomic E-state index is 0.000597. The van der Waals surface area contributed by atoms with E-state index in [0.717, 1.165) is 0 Å². The minimum Gasteiger partial charge on any atom is -0.484 e. The van der Waals surface area contributed by atoms with Gasteiger partial charge in [-0.2, -0.15) is 13.2 Å². The summed E-state index contributed by atoms with van der Waals surface area (Å²) in [5.41, 5.74) is 0.664. The molecule has 0 fully saturated rings. The van der Waals surface area contributed by atoms with Crippen LogP contribution in [0.15, 0.2) is 54.6 Å². The van der Waals surface area contributed by atoms with Crippen LogP contribution in [0.1, 0.15) is 19.4 Å². The molecule has 2 aromatic rings. The molecule has 6 nitrogen and oxygen atoms in total. The Kier molecular flexibility index (Phi) is 9.28. The first kappa shape index (κ1) is 26.2. The van der Waals surface area contributed by atoms with Crippen molar-refractivity contribution in [2.45, 2.75) is 38.5 Å². The number of hydrogen-bond donors (Lipinski definition) is 2. The molecule has 0 radical (unpaired) electrons. The molecule has 10 heteroatoms. The molecular weight excluding hydrogens is 461 g/mol. The van der Waals surface area contributed by atoms with Crippen LogP contribution in [-0.2, 0) is 20.8 Å². The lowest BCUT2D eigenvalue weighted by Crippen LogP contribution is -2.56. The number of halogens is 4. The molecule has 2 aromatic carbocycles. The summed E-state index contributed by atoms with van der Waals surface area (Å²) >= 11 is 5.87. The highest BCUT2D eigenvalue weighted by Gasteiger charge is 2.45. The lowest BCUT2D eigenvalue weighted by atomic mass is 9.98. The molecule has 0 aliphatic rings. The molecule has 0 heterocycles. The molecule has 2 N–H and O–H groups in total. The van der Waals surface area contributed by atoms with Crippen LogP contribution >= 0.6 is 11.6 Å². The van der Waals surface area contributed by atoms with Crippen molar-refractivity contribution in [2.75, 3.05) is 6.61 Å². The third-order valence-corrected chi connectivity index (χ3v) is 4.86. The Morgan fingerprint density at radius 2 is 1.67 bits per heavy atom. The van der Waals surface area contributed by atoms with Gasteiger partial charge in [0.15, 0.2) is 6.61 Å². The van der Waals surface area contributed by atoms with Crippen molar-refractivity contribution < 1.29 is 32.3 Å². The van der Waals surface area contributed by atoms with Crippen LogP contribution in [0.5, 0.6) is 5.75 Å². The molecule has 178 valence electrons. The number of carbonyl (C=O) groups is 3. The standard InChI is InChI=1S/C23H24ClF3N2O4/c1-14(2)20(21(31)23(25,26)27)29-22(32)18(11-15-7-4-3-5-8-15)28-19(30)13-33-17-10-6-9-16(24)12-17/h3-10,12,14,18,20H,11,13H2,1-2H3,(H,28,30)(H,29,32). The second-order valence-electron chi connectivity index (χ2n) is 7.65. The Labute approximate surface area is 194 Å². The molecule has 0 saturated heterocycles. The highest BCUT2D eigenvalue weighted by atomic mass is 35.5. The van der Waals surface area contributed by atoms with E-state index in [1.165, 1.54) is 19.9 Å². The molecule has 0 spiro atoms. The highest BCUT2D eigenvalue weighted by molar-refractivity contribution is 6.30. The average Bonchev–Trinajstić information content (AvgIpc) is 2.75. The van der Waals surface area contributed by atoms with E-state index >= 15 is 0 Å². The average molecular weight is 485 g/mol. The Bertz CT molecular complexity index is 968.